The second-order valence-electron chi connectivity index (χ2n) is 5.37. The van der Waals surface area contributed by atoms with Crippen molar-refractivity contribution in [2.24, 2.45) is 5.73 Å². The highest BCUT2D eigenvalue weighted by Crippen LogP contribution is 2.41. The smallest absolute Gasteiger partial charge is 0.338 e. The first-order valence-electron chi connectivity index (χ1n) is 7.10. The highest BCUT2D eigenvalue weighted by Gasteiger charge is 2.37. The van der Waals surface area contributed by atoms with Crippen molar-refractivity contribution >= 4 is 17.6 Å². The topological polar surface area (TPSA) is 85.3 Å². The maximum Gasteiger partial charge on any atom is 0.338 e. The van der Waals surface area contributed by atoms with Gasteiger partial charge in [-0.1, -0.05) is 29.8 Å². The molecule has 1 aromatic rings. The number of nitrogens with two attached hydrogens (primary N) is 1. The fraction of sp³-hybridized carbons (Fsp3) is 0.294. The number of nitrogens with zero attached hydrogens (tertiary/aromatic N) is 1. The van der Waals surface area contributed by atoms with Crippen LogP contribution in [-0.2, 0) is 14.3 Å². The second-order valence-corrected chi connectivity index (χ2v) is 5.78. The first kappa shape index (κ1) is 16.9. The number of esters is 1. The third kappa shape index (κ3) is 3.33. The Morgan fingerprint density at radius 2 is 2.09 bits per heavy atom. The van der Waals surface area contributed by atoms with Gasteiger partial charge in [-0.3, -0.25) is 0 Å². The molecule has 0 amide bonds. The van der Waals surface area contributed by atoms with E-state index in [9.17, 15) is 10.1 Å². The largest absolute Gasteiger partial charge is 0.459 e. The maximum atomic E-state index is 12.5. The number of carbonyl (C=O) groups is 1. The van der Waals surface area contributed by atoms with Gasteiger partial charge in [-0.15, -0.1) is 0 Å². The number of nitriles is 1. The van der Waals surface area contributed by atoms with E-state index in [1.807, 2.05) is 6.07 Å². The lowest BCUT2D eigenvalue weighted by Crippen LogP contribution is -2.27. The van der Waals surface area contributed by atoms with Gasteiger partial charge in [0, 0.05) is 5.02 Å². The first-order chi connectivity index (χ1) is 10.9. The van der Waals surface area contributed by atoms with Crippen LogP contribution in [0.4, 0.5) is 0 Å². The molecule has 120 valence electrons. The van der Waals surface area contributed by atoms with Gasteiger partial charge >= 0.3 is 5.97 Å². The summed E-state index contributed by atoms with van der Waals surface area (Å²) in [7, 11) is 0. The molecule has 0 saturated carbocycles. The molecule has 0 saturated heterocycles. The van der Waals surface area contributed by atoms with Crippen LogP contribution in [0.5, 0.6) is 0 Å². The summed E-state index contributed by atoms with van der Waals surface area (Å²) >= 11 is 6.26. The zero-order valence-electron chi connectivity index (χ0n) is 13.1. The lowest BCUT2D eigenvalue weighted by atomic mass is 9.83. The Kier molecular flexibility index (Phi) is 4.97. The van der Waals surface area contributed by atoms with Crippen molar-refractivity contribution in [1.82, 2.24) is 0 Å². The molecule has 2 rings (SSSR count). The van der Waals surface area contributed by atoms with Crippen LogP contribution in [0.2, 0.25) is 5.02 Å². The van der Waals surface area contributed by atoms with Gasteiger partial charge in [0.2, 0.25) is 5.88 Å². The monoisotopic (exact) mass is 332 g/mol. The van der Waals surface area contributed by atoms with E-state index in [-0.39, 0.29) is 23.1 Å². The summed E-state index contributed by atoms with van der Waals surface area (Å²) in [5, 5.41) is 9.90. The van der Waals surface area contributed by atoms with Crippen LogP contribution >= 0.6 is 11.6 Å². The Morgan fingerprint density at radius 1 is 1.43 bits per heavy atom. The number of benzene rings is 1. The molecule has 1 atom stereocenters. The number of hydrogen-bond acceptors (Lipinski definition) is 5. The van der Waals surface area contributed by atoms with Gasteiger partial charge < -0.3 is 15.2 Å². The molecule has 23 heavy (non-hydrogen) atoms. The van der Waals surface area contributed by atoms with E-state index >= 15 is 0 Å². The van der Waals surface area contributed by atoms with Gasteiger partial charge in [0.05, 0.1) is 17.6 Å². The van der Waals surface area contributed by atoms with Gasteiger partial charge in [-0.05, 0) is 32.4 Å². The summed E-state index contributed by atoms with van der Waals surface area (Å²) in [6, 6.07) is 9.01. The van der Waals surface area contributed by atoms with Crippen LogP contribution in [0.15, 0.2) is 47.1 Å². The Morgan fingerprint density at radius 3 is 2.65 bits per heavy atom. The van der Waals surface area contributed by atoms with Crippen molar-refractivity contribution in [3.63, 3.8) is 0 Å². The summed E-state index contributed by atoms with van der Waals surface area (Å²) in [6.45, 7) is 5.11. The molecule has 0 bridgehead atoms. The van der Waals surface area contributed by atoms with Crippen molar-refractivity contribution in [3.05, 3.63) is 57.6 Å². The summed E-state index contributed by atoms with van der Waals surface area (Å²) < 4.78 is 10.7. The van der Waals surface area contributed by atoms with Crippen LogP contribution in [0.25, 0.3) is 0 Å². The lowest BCUT2D eigenvalue weighted by molar-refractivity contribution is -0.143. The van der Waals surface area contributed by atoms with Crippen LogP contribution in [-0.4, -0.2) is 12.1 Å². The van der Waals surface area contributed by atoms with Gasteiger partial charge in [-0.2, -0.15) is 5.26 Å². The summed E-state index contributed by atoms with van der Waals surface area (Å²) in [4.78, 5) is 12.5. The molecule has 0 radical (unpaired) electrons. The molecule has 1 heterocycles. The molecule has 1 unspecified atom stereocenters. The minimum absolute atomic E-state index is 0.0315. The fourth-order valence-corrected chi connectivity index (χ4v) is 2.69. The highest BCUT2D eigenvalue weighted by molar-refractivity contribution is 6.31. The van der Waals surface area contributed by atoms with E-state index in [1.54, 1.807) is 45.0 Å². The molecule has 1 aliphatic rings. The fourth-order valence-electron chi connectivity index (χ4n) is 2.44. The SMILES string of the molecule is CC1=C(C(=O)OC(C)C)C(c2ccccc2Cl)C(C#N)=C(N)O1. The van der Waals surface area contributed by atoms with Crippen molar-refractivity contribution in [3.8, 4) is 6.07 Å². The van der Waals surface area contributed by atoms with E-state index in [2.05, 4.69) is 0 Å². The normalized spacial score (nSPS) is 17.8. The summed E-state index contributed by atoms with van der Waals surface area (Å²) in [6.07, 6.45) is -0.302. The van der Waals surface area contributed by atoms with Crippen molar-refractivity contribution < 1.29 is 14.3 Å². The molecule has 5 nitrogen and oxygen atoms in total. The van der Waals surface area contributed by atoms with Crippen LogP contribution in [0.3, 0.4) is 0 Å². The van der Waals surface area contributed by atoms with Crippen molar-refractivity contribution in [2.45, 2.75) is 32.8 Å². The molecule has 1 aromatic carbocycles. The molecule has 6 heteroatoms. The average molecular weight is 333 g/mol. The molecule has 2 N–H and O–H groups in total. The van der Waals surface area contributed by atoms with Gasteiger partial charge in [0.15, 0.2) is 0 Å². The lowest BCUT2D eigenvalue weighted by Gasteiger charge is -2.27. The van der Waals surface area contributed by atoms with Crippen LogP contribution < -0.4 is 5.73 Å². The minimum atomic E-state index is -0.714. The van der Waals surface area contributed by atoms with Gasteiger partial charge in [0.25, 0.3) is 0 Å². The second kappa shape index (κ2) is 6.76. The molecule has 1 aliphatic heterocycles. The van der Waals surface area contributed by atoms with E-state index in [0.717, 1.165) is 0 Å². The Hall–Kier alpha value is -2.45. The van der Waals surface area contributed by atoms with E-state index in [1.165, 1.54) is 0 Å². The van der Waals surface area contributed by atoms with Gasteiger partial charge in [-0.25, -0.2) is 4.79 Å². The Bertz CT molecular complexity index is 744. The maximum absolute atomic E-state index is 12.5. The molecule has 0 fully saturated rings. The van der Waals surface area contributed by atoms with Crippen LogP contribution in [0.1, 0.15) is 32.3 Å². The zero-order chi connectivity index (χ0) is 17.1. The molecular weight excluding hydrogens is 316 g/mol. The first-order valence-corrected chi connectivity index (χ1v) is 7.48. The Balaban J connectivity index is 2.63. The molecular formula is C17H17ClN2O3. The quantitative estimate of drug-likeness (QED) is 0.858. The highest BCUT2D eigenvalue weighted by atomic mass is 35.5. The average Bonchev–Trinajstić information content (AvgIpc) is 2.46. The number of rotatable bonds is 3. The molecule has 0 aliphatic carbocycles. The summed E-state index contributed by atoms with van der Waals surface area (Å²) in [5.74, 6) is -0.996. The van der Waals surface area contributed by atoms with E-state index in [4.69, 9.17) is 26.8 Å². The van der Waals surface area contributed by atoms with Crippen molar-refractivity contribution in [2.75, 3.05) is 0 Å². The number of halogens is 1. The molecule has 0 aromatic heterocycles. The number of allylic oxidation sites excluding steroid dienone is 2. The van der Waals surface area contributed by atoms with Crippen LogP contribution in [0, 0.1) is 11.3 Å². The Labute approximate surface area is 139 Å². The zero-order valence-corrected chi connectivity index (χ0v) is 13.8. The van der Waals surface area contributed by atoms with E-state index < -0.39 is 11.9 Å². The minimum Gasteiger partial charge on any atom is -0.459 e. The summed E-state index contributed by atoms with van der Waals surface area (Å²) in [5.41, 5.74) is 6.80. The number of ether oxygens (including phenoxy) is 2. The third-order valence-electron chi connectivity index (χ3n) is 3.38. The predicted octanol–water partition coefficient (Wildman–Crippen LogP) is 3.37. The number of carbonyl (C=O) groups excluding carboxylic acids is 1. The van der Waals surface area contributed by atoms with Crippen molar-refractivity contribution in [1.29, 1.82) is 5.26 Å². The van der Waals surface area contributed by atoms with Gasteiger partial charge in [0.1, 0.15) is 17.4 Å². The standard InChI is InChI=1S/C17H17ClN2O3/c1-9(2)22-17(21)14-10(3)23-16(20)12(8-19)15(14)11-6-4-5-7-13(11)18/h4-7,9,15H,20H2,1-3H3. The number of hydrogen-bond donors (Lipinski definition) is 1. The molecule has 0 spiro atoms. The van der Waals surface area contributed by atoms with E-state index in [0.29, 0.717) is 16.3 Å². The predicted molar refractivity (Wildman–Crippen MR) is 86.0 cm³/mol. The third-order valence-corrected chi connectivity index (χ3v) is 3.73.